The van der Waals surface area contributed by atoms with Gasteiger partial charge in [-0.3, -0.25) is 0 Å². The first-order valence-electron chi connectivity index (χ1n) is 6.08. The number of nitrogens with two attached hydrogens (primary N) is 1. The van der Waals surface area contributed by atoms with Gasteiger partial charge in [-0.05, 0) is 57.5 Å². The Hall–Kier alpha value is -1.54. The first-order valence-corrected chi connectivity index (χ1v) is 6.08. The van der Waals surface area contributed by atoms with E-state index in [1.165, 1.54) is 28.2 Å². The summed E-state index contributed by atoms with van der Waals surface area (Å²) < 4.78 is 2.30. The van der Waals surface area contributed by atoms with Crippen LogP contribution in [0.15, 0.2) is 30.3 Å². The van der Waals surface area contributed by atoms with Gasteiger partial charge in [0.25, 0.3) is 0 Å². The maximum Gasteiger partial charge on any atom is 0.0455 e. The van der Waals surface area contributed by atoms with Crippen LogP contribution in [0.3, 0.4) is 0 Å². The van der Waals surface area contributed by atoms with Gasteiger partial charge in [-0.1, -0.05) is 17.7 Å². The van der Waals surface area contributed by atoms with Gasteiger partial charge in [-0.2, -0.15) is 0 Å². The van der Waals surface area contributed by atoms with Crippen molar-refractivity contribution in [1.82, 2.24) is 4.57 Å². The summed E-state index contributed by atoms with van der Waals surface area (Å²) in [6, 6.07) is 10.9. The monoisotopic (exact) mass is 228 g/mol. The van der Waals surface area contributed by atoms with Crippen molar-refractivity contribution in [2.75, 3.05) is 6.54 Å². The minimum atomic E-state index is 0.707. The van der Waals surface area contributed by atoms with E-state index >= 15 is 0 Å². The Morgan fingerprint density at radius 2 is 1.71 bits per heavy atom. The van der Waals surface area contributed by atoms with Crippen LogP contribution in [0, 0.1) is 20.8 Å². The van der Waals surface area contributed by atoms with Crippen LogP contribution >= 0.6 is 0 Å². The van der Waals surface area contributed by atoms with Gasteiger partial charge in [0.05, 0.1) is 0 Å². The third-order valence-corrected chi connectivity index (χ3v) is 3.24. The van der Waals surface area contributed by atoms with Crippen molar-refractivity contribution in [2.45, 2.75) is 27.2 Å². The van der Waals surface area contributed by atoms with Gasteiger partial charge in [0.1, 0.15) is 0 Å². The number of nitrogens with zero attached hydrogens (tertiary/aromatic N) is 1. The van der Waals surface area contributed by atoms with Crippen LogP contribution in [0.25, 0.3) is 5.69 Å². The molecular weight excluding hydrogens is 208 g/mol. The molecule has 0 spiro atoms. The Balaban J connectivity index is 2.48. The molecule has 0 fully saturated rings. The molecule has 0 amide bonds. The molecule has 17 heavy (non-hydrogen) atoms. The summed E-state index contributed by atoms with van der Waals surface area (Å²) in [6.07, 6.45) is 0.950. The van der Waals surface area contributed by atoms with E-state index in [1.807, 2.05) is 0 Å². The lowest BCUT2D eigenvalue weighted by atomic mass is 10.2. The number of benzene rings is 1. The highest BCUT2D eigenvalue weighted by molar-refractivity contribution is 5.42. The van der Waals surface area contributed by atoms with Crippen LogP contribution in [-0.2, 0) is 6.42 Å². The van der Waals surface area contributed by atoms with E-state index in [0.29, 0.717) is 6.54 Å². The fourth-order valence-electron chi connectivity index (χ4n) is 2.33. The first kappa shape index (κ1) is 11.9. The summed E-state index contributed by atoms with van der Waals surface area (Å²) in [4.78, 5) is 0. The summed E-state index contributed by atoms with van der Waals surface area (Å²) in [5.74, 6) is 0. The summed E-state index contributed by atoms with van der Waals surface area (Å²) in [5.41, 5.74) is 12.1. The van der Waals surface area contributed by atoms with Crippen LogP contribution in [0.1, 0.15) is 22.5 Å². The lowest BCUT2D eigenvalue weighted by molar-refractivity contribution is 0.920. The molecular formula is C15H20N2. The Labute approximate surface area is 103 Å². The molecule has 2 N–H and O–H groups in total. The molecule has 1 aromatic heterocycles. The molecule has 0 aliphatic rings. The van der Waals surface area contributed by atoms with Crippen molar-refractivity contribution in [1.29, 1.82) is 0 Å². The topological polar surface area (TPSA) is 30.9 Å². The Morgan fingerprint density at radius 1 is 1.06 bits per heavy atom. The first-order chi connectivity index (χ1) is 8.13. The van der Waals surface area contributed by atoms with Gasteiger partial charge < -0.3 is 10.3 Å². The van der Waals surface area contributed by atoms with Gasteiger partial charge >= 0.3 is 0 Å². The highest BCUT2D eigenvalue weighted by atomic mass is 15.0. The Kier molecular flexibility index (Phi) is 3.34. The molecule has 1 aromatic carbocycles. The summed E-state index contributed by atoms with van der Waals surface area (Å²) in [5, 5.41) is 0. The Bertz CT molecular complexity index is 506. The number of aromatic nitrogens is 1. The molecule has 0 bridgehead atoms. The fourth-order valence-corrected chi connectivity index (χ4v) is 2.33. The predicted octanol–water partition coefficient (Wildman–Crippen LogP) is 2.90. The third-order valence-electron chi connectivity index (χ3n) is 3.24. The maximum absolute atomic E-state index is 5.64. The van der Waals surface area contributed by atoms with Gasteiger partial charge in [-0.15, -0.1) is 0 Å². The lowest BCUT2D eigenvalue weighted by Crippen LogP contribution is -2.04. The highest BCUT2D eigenvalue weighted by Crippen LogP contribution is 2.21. The molecule has 2 rings (SSSR count). The highest BCUT2D eigenvalue weighted by Gasteiger charge is 2.09. The Morgan fingerprint density at radius 3 is 2.29 bits per heavy atom. The van der Waals surface area contributed by atoms with E-state index in [2.05, 4.69) is 55.7 Å². The minimum absolute atomic E-state index is 0.707. The van der Waals surface area contributed by atoms with E-state index < -0.39 is 0 Å². The van der Waals surface area contributed by atoms with Crippen molar-refractivity contribution < 1.29 is 0 Å². The molecule has 0 aliphatic carbocycles. The second kappa shape index (κ2) is 4.76. The van der Waals surface area contributed by atoms with Gasteiger partial charge in [0.15, 0.2) is 0 Å². The molecule has 2 heteroatoms. The molecule has 1 heterocycles. The molecule has 0 atom stereocenters. The molecule has 2 aromatic rings. The molecule has 0 radical (unpaired) electrons. The van der Waals surface area contributed by atoms with Gasteiger partial charge in [0.2, 0.25) is 0 Å². The average molecular weight is 228 g/mol. The summed E-state index contributed by atoms with van der Waals surface area (Å²) in [7, 11) is 0. The maximum atomic E-state index is 5.64. The second-order valence-electron chi connectivity index (χ2n) is 4.61. The zero-order valence-corrected chi connectivity index (χ0v) is 10.8. The predicted molar refractivity (Wildman–Crippen MR) is 72.7 cm³/mol. The van der Waals surface area contributed by atoms with E-state index in [0.717, 1.165) is 6.42 Å². The van der Waals surface area contributed by atoms with E-state index in [1.54, 1.807) is 0 Å². The van der Waals surface area contributed by atoms with Crippen molar-refractivity contribution in [2.24, 2.45) is 5.73 Å². The minimum Gasteiger partial charge on any atom is -0.330 e. The van der Waals surface area contributed by atoms with Crippen molar-refractivity contribution in [3.05, 3.63) is 52.8 Å². The van der Waals surface area contributed by atoms with Crippen LogP contribution < -0.4 is 5.73 Å². The molecule has 0 saturated carbocycles. The lowest BCUT2D eigenvalue weighted by Gasteiger charge is -2.10. The quantitative estimate of drug-likeness (QED) is 0.860. The number of aryl methyl sites for hydroxylation is 2. The molecule has 0 saturated heterocycles. The normalized spacial score (nSPS) is 10.8. The largest absolute Gasteiger partial charge is 0.330 e. The third kappa shape index (κ3) is 2.27. The van der Waals surface area contributed by atoms with E-state index in [-0.39, 0.29) is 0 Å². The zero-order valence-electron chi connectivity index (χ0n) is 10.8. The number of hydrogen-bond donors (Lipinski definition) is 1. The van der Waals surface area contributed by atoms with Gasteiger partial charge in [0, 0.05) is 17.1 Å². The standard InChI is InChI=1S/C15H20N2/c1-11-4-6-15(7-5-11)17-12(2)10-14(8-9-16)13(17)3/h4-7,10H,8-9,16H2,1-3H3. The molecule has 2 nitrogen and oxygen atoms in total. The fraction of sp³-hybridized carbons (Fsp3) is 0.333. The summed E-state index contributed by atoms with van der Waals surface area (Å²) in [6.45, 7) is 7.13. The van der Waals surface area contributed by atoms with Crippen LogP contribution in [-0.4, -0.2) is 11.1 Å². The molecule has 0 aliphatic heterocycles. The summed E-state index contributed by atoms with van der Waals surface area (Å²) >= 11 is 0. The zero-order chi connectivity index (χ0) is 12.4. The van der Waals surface area contributed by atoms with Crippen molar-refractivity contribution in [3.63, 3.8) is 0 Å². The van der Waals surface area contributed by atoms with Crippen molar-refractivity contribution in [3.8, 4) is 5.69 Å². The smallest absolute Gasteiger partial charge is 0.0455 e. The van der Waals surface area contributed by atoms with Crippen LogP contribution in [0.2, 0.25) is 0 Å². The average Bonchev–Trinajstić information content (AvgIpc) is 2.57. The van der Waals surface area contributed by atoms with Gasteiger partial charge in [-0.25, -0.2) is 0 Å². The molecule has 90 valence electrons. The van der Waals surface area contributed by atoms with Crippen molar-refractivity contribution >= 4 is 0 Å². The molecule has 0 unspecified atom stereocenters. The second-order valence-corrected chi connectivity index (χ2v) is 4.61. The van der Waals surface area contributed by atoms with E-state index in [4.69, 9.17) is 5.73 Å². The van der Waals surface area contributed by atoms with E-state index in [9.17, 15) is 0 Å². The SMILES string of the molecule is Cc1ccc(-n2c(C)cc(CCN)c2C)cc1. The van der Waals surface area contributed by atoms with Crippen LogP contribution in [0.5, 0.6) is 0 Å². The number of rotatable bonds is 3. The number of hydrogen-bond acceptors (Lipinski definition) is 1. The van der Waals surface area contributed by atoms with Crippen LogP contribution in [0.4, 0.5) is 0 Å².